The largest absolute Gasteiger partial charge is 0.237 e. The molecule has 4 heteroatoms. The van der Waals surface area contributed by atoms with Crippen LogP contribution in [0.3, 0.4) is 0 Å². The Morgan fingerprint density at radius 2 is 0.842 bits per heavy atom. The topological polar surface area (TPSA) is 0 Å². The van der Waals surface area contributed by atoms with Crippen LogP contribution >= 0.6 is 38.1 Å². The van der Waals surface area contributed by atoms with Gasteiger partial charge in [0.1, 0.15) is 0 Å². The Labute approximate surface area is 140 Å². The third kappa shape index (κ3) is 19.3. The minimum absolute atomic E-state index is 1.10. The van der Waals surface area contributed by atoms with Gasteiger partial charge >= 0.3 is 0 Å². The van der Waals surface area contributed by atoms with E-state index in [4.69, 9.17) is 22.2 Å². The van der Waals surface area contributed by atoms with E-state index in [2.05, 4.69) is 15.9 Å². The molecule has 0 atom stereocenters. The molecule has 116 valence electrons. The van der Waals surface area contributed by atoms with Crippen molar-refractivity contribution in [2.45, 2.75) is 89.5 Å². The lowest BCUT2D eigenvalue weighted by molar-refractivity contribution is 0.543. The van der Waals surface area contributed by atoms with Gasteiger partial charge in [-0.05, 0) is 12.5 Å². The SMILES string of the molecule is Cl[SiH](Cl)CCCCCCCCCCCCCCCBr. The van der Waals surface area contributed by atoms with Crippen molar-refractivity contribution < 1.29 is 0 Å². The Morgan fingerprint density at radius 1 is 0.526 bits per heavy atom. The minimum atomic E-state index is -1.32. The normalized spacial score (nSPS) is 11.4. The third-order valence-electron chi connectivity index (χ3n) is 3.56. The number of hydrogen-bond acceptors (Lipinski definition) is 0. The van der Waals surface area contributed by atoms with Crippen LogP contribution < -0.4 is 0 Å². The van der Waals surface area contributed by atoms with Crippen LogP contribution in [0.15, 0.2) is 0 Å². The van der Waals surface area contributed by atoms with E-state index in [-0.39, 0.29) is 0 Å². The summed E-state index contributed by atoms with van der Waals surface area (Å²) in [7, 11) is -1.32. The number of hydrogen-bond donors (Lipinski definition) is 0. The molecule has 0 heterocycles. The van der Waals surface area contributed by atoms with Crippen LogP contribution in [0.1, 0.15) is 83.5 Å². The molecule has 0 aliphatic heterocycles. The van der Waals surface area contributed by atoms with Crippen LogP contribution in [0.5, 0.6) is 0 Å². The molecule has 0 unspecified atom stereocenters. The summed E-state index contributed by atoms with van der Waals surface area (Å²) in [6, 6.07) is 1.10. The average Bonchev–Trinajstić information content (AvgIpc) is 2.39. The summed E-state index contributed by atoms with van der Waals surface area (Å²) in [5.41, 5.74) is 0. The van der Waals surface area contributed by atoms with Crippen molar-refractivity contribution >= 4 is 45.5 Å². The predicted octanol–water partition coefficient (Wildman–Crippen LogP) is 7.15. The molecule has 0 nitrogen and oxygen atoms in total. The van der Waals surface area contributed by atoms with Gasteiger partial charge in [-0.25, -0.2) is 0 Å². The van der Waals surface area contributed by atoms with E-state index in [1.54, 1.807) is 0 Å². The zero-order valence-electron chi connectivity index (χ0n) is 12.3. The molecule has 0 aliphatic rings. The second-order valence-corrected chi connectivity index (χ2v) is 11.4. The lowest BCUT2D eigenvalue weighted by atomic mass is 10.1. The second kappa shape index (κ2) is 17.3. The zero-order chi connectivity index (χ0) is 14.2. The molecule has 0 amide bonds. The molecule has 0 bridgehead atoms. The quantitative estimate of drug-likeness (QED) is 0.121. The molecule has 0 spiro atoms. The van der Waals surface area contributed by atoms with Crippen molar-refractivity contribution in [1.82, 2.24) is 0 Å². The molecule has 0 aromatic heterocycles. The molecule has 0 saturated carbocycles. The zero-order valence-corrected chi connectivity index (χ0v) is 16.6. The van der Waals surface area contributed by atoms with Crippen LogP contribution in [0.4, 0.5) is 0 Å². The highest BCUT2D eigenvalue weighted by Crippen LogP contribution is 2.14. The van der Waals surface area contributed by atoms with E-state index in [1.165, 1.54) is 88.8 Å². The van der Waals surface area contributed by atoms with Crippen molar-refractivity contribution in [3.63, 3.8) is 0 Å². The molecule has 0 aromatic rings. The average molecular weight is 390 g/mol. The lowest BCUT2D eigenvalue weighted by Crippen LogP contribution is -1.91. The van der Waals surface area contributed by atoms with Gasteiger partial charge in [0.15, 0.2) is 0 Å². The van der Waals surface area contributed by atoms with Crippen molar-refractivity contribution in [1.29, 1.82) is 0 Å². The Morgan fingerprint density at radius 3 is 1.16 bits per heavy atom. The van der Waals surface area contributed by atoms with Gasteiger partial charge in [-0.1, -0.05) is 93.0 Å². The molecule has 19 heavy (non-hydrogen) atoms. The number of unbranched alkanes of at least 4 members (excludes halogenated alkanes) is 12. The fourth-order valence-corrected chi connectivity index (χ4v) is 4.26. The first-order valence-corrected chi connectivity index (χ1v) is 13.5. The summed E-state index contributed by atoms with van der Waals surface area (Å²) in [6.07, 6.45) is 18.2. The maximum atomic E-state index is 5.83. The Hall–Kier alpha value is 1.28. The minimum Gasteiger partial charge on any atom is -0.150 e. The van der Waals surface area contributed by atoms with E-state index in [1.807, 2.05) is 0 Å². The van der Waals surface area contributed by atoms with Gasteiger partial charge in [-0.3, -0.25) is 0 Å². The van der Waals surface area contributed by atoms with Crippen LogP contribution in [-0.2, 0) is 0 Å². The third-order valence-corrected chi connectivity index (χ3v) is 6.27. The van der Waals surface area contributed by atoms with E-state index < -0.39 is 7.42 Å². The van der Waals surface area contributed by atoms with E-state index >= 15 is 0 Å². The van der Waals surface area contributed by atoms with Crippen molar-refractivity contribution in [3.8, 4) is 0 Å². The summed E-state index contributed by atoms with van der Waals surface area (Å²) in [6.45, 7) is 0. The predicted molar refractivity (Wildman–Crippen MR) is 97.5 cm³/mol. The van der Waals surface area contributed by atoms with Gasteiger partial charge in [0.2, 0.25) is 7.42 Å². The summed E-state index contributed by atoms with van der Waals surface area (Å²) in [5.74, 6) is 0. The highest BCUT2D eigenvalue weighted by atomic mass is 79.9. The monoisotopic (exact) mass is 388 g/mol. The highest BCUT2D eigenvalue weighted by Gasteiger charge is 2.00. The molecular weight excluding hydrogens is 359 g/mol. The molecule has 0 fully saturated rings. The van der Waals surface area contributed by atoms with Gasteiger partial charge in [0.05, 0.1) is 0 Å². The second-order valence-electron chi connectivity index (χ2n) is 5.46. The first kappa shape index (κ1) is 20.3. The van der Waals surface area contributed by atoms with Crippen LogP contribution in [0.25, 0.3) is 0 Å². The molecule has 0 radical (unpaired) electrons. The van der Waals surface area contributed by atoms with Gasteiger partial charge in [-0.15, -0.1) is 0 Å². The van der Waals surface area contributed by atoms with Gasteiger partial charge in [0.25, 0.3) is 0 Å². The standard InChI is InChI=1S/C15H31BrCl2Si/c16-14-12-10-8-6-4-2-1-3-5-7-9-11-13-15-19(17)18/h19H,1-15H2. The van der Waals surface area contributed by atoms with Crippen molar-refractivity contribution in [2.24, 2.45) is 0 Å². The highest BCUT2D eigenvalue weighted by molar-refractivity contribution is 9.09. The fraction of sp³-hybridized carbons (Fsp3) is 1.00. The van der Waals surface area contributed by atoms with Crippen LogP contribution in [-0.4, -0.2) is 12.7 Å². The molecule has 0 N–H and O–H groups in total. The van der Waals surface area contributed by atoms with E-state index in [0.29, 0.717) is 0 Å². The van der Waals surface area contributed by atoms with E-state index in [0.717, 1.165) is 6.04 Å². The fourth-order valence-electron chi connectivity index (χ4n) is 2.34. The summed E-state index contributed by atoms with van der Waals surface area (Å²) < 4.78 is 0. The van der Waals surface area contributed by atoms with Crippen molar-refractivity contribution in [3.05, 3.63) is 0 Å². The Kier molecular flexibility index (Phi) is 18.5. The van der Waals surface area contributed by atoms with Crippen LogP contribution in [0, 0.1) is 0 Å². The molecule has 0 rings (SSSR count). The molecular formula is C15H31BrCl2Si. The summed E-state index contributed by atoms with van der Waals surface area (Å²) in [5, 5.41) is 1.17. The first-order chi connectivity index (χ1) is 9.27. The summed E-state index contributed by atoms with van der Waals surface area (Å²) >= 11 is 15.1. The Bertz CT molecular complexity index is 168. The molecule has 0 saturated heterocycles. The van der Waals surface area contributed by atoms with Gasteiger partial charge < -0.3 is 0 Å². The van der Waals surface area contributed by atoms with E-state index in [9.17, 15) is 0 Å². The smallest absolute Gasteiger partial charge is 0.150 e. The molecule has 0 aromatic carbocycles. The Balaban J connectivity index is 2.91. The first-order valence-electron chi connectivity index (χ1n) is 8.11. The summed E-state index contributed by atoms with van der Waals surface area (Å²) in [4.78, 5) is 0. The van der Waals surface area contributed by atoms with Gasteiger partial charge in [-0.2, -0.15) is 22.2 Å². The number of rotatable bonds is 15. The maximum absolute atomic E-state index is 5.83. The van der Waals surface area contributed by atoms with Crippen molar-refractivity contribution in [2.75, 3.05) is 5.33 Å². The number of halogens is 3. The maximum Gasteiger partial charge on any atom is 0.237 e. The number of alkyl halides is 1. The lowest BCUT2D eigenvalue weighted by Gasteiger charge is -2.03. The molecule has 0 aliphatic carbocycles. The van der Waals surface area contributed by atoms with Gasteiger partial charge in [0, 0.05) is 5.33 Å². The van der Waals surface area contributed by atoms with Crippen LogP contribution in [0.2, 0.25) is 6.04 Å².